The van der Waals surface area contributed by atoms with Gasteiger partial charge in [-0.15, -0.1) is 0 Å². The molecule has 1 amide bonds. The van der Waals surface area contributed by atoms with Gasteiger partial charge in [0.25, 0.3) is 0 Å². The van der Waals surface area contributed by atoms with Crippen LogP contribution in [0.4, 0.5) is 16.3 Å². The molecule has 0 radical (unpaired) electrons. The van der Waals surface area contributed by atoms with Crippen molar-refractivity contribution in [1.29, 1.82) is 5.26 Å². The molecule has 0 spiro atoms. The summed E-state index contributed by atoms with van der Waals surface area (Å²) in [4.78, 5) is 19.1. The van der Waals surface area contributed by atoms with Crippen LogP contribution in [0.5, 0.6) is 5.88 Å². The number of nitrogens with one attached hydrogen (secondary N) is 2. The quantitative estimate of drug-likeness (QED) is 0.256. The smallest absolute Gasteiger partial charge is 0.410 e. The molecule has 0 unspecified atom stereocenters. The highest BCUT2D eigenvalue weighted by molar-refractivity contribution is 7.89. The van der Waals surface area contributed by atoms with Crippen molar-refractivity contribution in [3.05, 3.63) is 36.5 Å². The van der Waals surface area contributed by atoms with E-state index in [1.165, 1.54) is 12.1 Å². The minimum Gasteiger partial charge on any atom is -0.477 e. The molecule has 13 heteroatoms. The van der Waals surface area contributed by atoms with Crippen LogP contribution in [-0.2, 0) is 20.3 Å². The number of pyridine rings is 1. The summed E-state index contributed by atoms with van der Waals surface area (Å²) in [5.41, 5.74) is 0.0761. The number of carbonyl (C=O) groups excluding carboxylic acids is 1. The lowest BCUT2D eigenvalue weighted by Crippen LogP contribution is -2.49. The maximum Gasteiger partial charge on any atom is 0.410 e. The zero-order valence-electron chi connectivity index (χ0n) is 26.4. The molecule has 2 N–H and O–H groups in total. The van der Waals surface area contributed by atoms with Crippen molar-refractivity contribution in [1.82, 2.24) is 24.4 Å². The van der Waals surface area contributed by atoms with Gasteiger partial charge in [0.05, 0.1) is 35.0 Å². The first kappa shape index (κ1) is 33.0. The van der Waals surface area contributed by atoms with Crippen LogP contribution in [0.1, 0.15) is 73.6 Å². The monoisotopic (exact) mass is 625 g/mol. The van der Waals surface area contributed by atoms with Crippen LogP contribution in [-0.4, -0.2) is 65.5 Å². The average molecular weight is 626 g/mol. The largest absolute Gasteiger partial charge is 0.477 e. The summed E-state index contributed by atoms with van der Waals surface area (Å²) in [7, 11) is -3.64. The van der Waals surface area contributed by atoms with Crippen LogP contribution in [0.2, 0.25) is 0 Å². The Bertz CT molecular complexity index is 1600. The highest BCUT2D eigenvalue weighted by atomic mass is 32.2. The van der Waals surface area contributed by atoms with Crippen LogP contribution in [0.25, 0.3) is 10.9 Å². The number of rotatable bonds is 11. The number of nitriles is 1. The van der Waals surface area contributed by atoms with Crippen LogP contribution in [0, 0.1) is 11.3 Å². The van der Waals surface area contributed by atoms with Gasteiger partial charge in [-0.3, -0.25) is 4.68 Å². The summed E-state index contributed by atoms with van der Waals surface area (Å²) < 4.78 is 41.4. The van der Waals surface area contributed by atoms with Crippen molar-refractivity contribution < 1.29 is 22.7 Å². The Morgan fingerprint density at radius 2 is 1.84 bits per heavy atom. The van der Waals surface area contributed by atoms with Gasteiger partial charge in [-0.25, -0.2) is 22.9 Å². The van der Waals surface area contributed by atoms with Crippen molar-refractivity contribution in [2.24, 2.45) is 0 Å². The Hall–Kier alpha value is -3.89. The first-order valence-corrected chi connectivity index (χ1v) is 16.5. The molecular formula is C31H43N7O5S. The second-order valence-corrected chi connectivity index (χ2v) is 14.1. The van der Waals surface area contributed by atoms with E-state index >= 15 is 0 Å². The predicted molar refractivity (Wildman–Crippen MR) is 168 cm³/mol. The summed E-state index contributed by atoms with van der Waals surface area (Å²) in [5, 5.41) is 18.9. The van der Waals surface area contributed by atoms with Crippen molar-refractivity contribution in [3.63, 3.8) is 0 Å². The predicted octanol–water partition coefficient (Wildman–Crippen LogP) is 5.68. The van der Waals surface area contributed by atoms with Crippen molar-refractivity contribution in [2.45, 2.75) is 95.7 Å². The third-order valence-corrected chi connectivity index (χ3v) is 8.99. The number of fused-ring (bicyclic) bond motifs is 1. The molecule has 2 aromatic heterocycles. The zero-order chi connectivity index (χ0) is 32.1. The van der Waals surface area contributed by atoms with E-state index in [2.05, 4.69) is 28.0 Å². The number of sulfonamides is 1. The van der Waals surface area contributed by atoms with E-state index in [4.69, 9.17) is 14.6 Å². The first-order valence-electron chi connectivity index (χ1n) is 15.0. The fourth-order valence-electron chi connectivity index (χ4n) is 5.18. The van der Waals surface area contributed by atoms with Crippen LogP contribution >= 0.6 is 0 Å². The van der Waals surface area contributed by atoms with E-state index in [1.807, 2.05) is 31.5 Å². The number of unbranched alkanes of at least 4 members (excludes halogenated alkanes) is 1. The summed E-state index contributed by atoms with van der Waals surface area (Å²) in [6, 6.07) is 10.4. The van der Waals surface area contributed by atoms with Gasteiger partial charge in [-0.2, -0.15) is 10.4 Å². The molecule has 1 saturated heterocycles. The van der Waals surface area contributed by atoms with E-state index in [9.17, 15) is 18.5 Å². The number of carbonyl (C=O) groups is 1. The SMILES string of the molecule is CCCCOc1nccc2c1c(Nc1ccc(S(=O)(=O)NC(C)C)cc1)nn2C1(CC#N)CCN(C(=O)OC(C)(C)C)CC1. The standard InChI is InChI=1S/C31H43N7O5S/c1-7-8-21-42-28-26-25(13-18-33-28)38(31(14-17-32)15-19-37(20-16-31)29(39)43-30(4,5)6)35-27(26)34-23-9-11-24(12-10-23)44(40,41)36-22(2)3/h9-13,18,22,36H,7-8,14-16,19-21H2,1-6H3,(H,34,35). The number of aromatic nitrogens is 3. The fraction of sp³-hybridized carbons (Fsp3) is 0.548. The van der Waals surface area contributed by atoms with E-state index in [0.29, 0.717) is 55.3 Å². The van der Waals surface area contributed by atoms with Crippen molar-refractivity contribution >= 4 is 38.5 Å². The molecule has 3 heterocycles. The number of piperidine rings is 1. The second-order valence-electron chi connectivity index (χ2n) is 12.4. The Morgan fingerprint density at radius 3 is 2.43 bits per heavy atom. The number of amides is 1. The Labute approximate surface area is 259 Å². The Morgan fingerprint density at radius 1 is 1.16 bits per heavy atom. The Balaban J connectivity index is 1.72. The number of nitrogens with zero attached hydrogens (tertiary/aromatic N) is 5. The van der Waals surface area contributed by atoms with Gasteiger partial charge < -0.3 is 19.7 Å². The molecule has 3 aromatic rings. The molecule has 0 aliphatic carbocycles. The lowest BCUT2D eigenvalue weighted by molar-refractivity contribution is 0.0110. The van der Waals surface area contributed by atoms with Gasteiger partial charge in [0.1, 0.15) is 11.0 Å². The van der Waals surface area contributed by atoms with Gasteiger partial charge in [0, 0.05) is 31.0 Å². The third-order valence-electron chi connectivity index (χ3n) is 7.32. The summed E-state index contributed by atoms with van der Waals surface area (Å²) in [6.45, 7) is 12.4. The van der Waals surface area contributed by atoms with Gasteiger partial charge in [0.15, 0.2) is 5.82 Å². The molecule has 0 saturated carbocycles. The zero-order valence-corrected chi connectivity index (χ0v) is 27.2. The fourth-order valence-corrected chi connectivity index (χ4v) is 6.43. The number of hydrogen-bond donors (Lipinski definition) is 2. The first-order chi connectivity index (χ1) is 20.8. The second kappa shape index (κ2) is 13.4. The van der Waals surface area contributed by atoms with Crippen LogP contribution in [0.15, 0.2) is 41.4 Å². The number of benzene rings is 1. The number of likely N-dealkylation sites (tertiary alicyclic amines) is 1. The summed E-state index contributed by atoms with van der Waals surface area (Å²) >= 11 is 0. The van der Waals surface area contributed by atoms with Gasteiger partial charge in [0.2, 0.25) is 15.9 Å². The Kier molecular flexibility index (Phi) is 10.1. The molecule has 0 bridgehead atoms. The maximum absolute atomic E-state index is 12.8. The molecule has 1 aliphatic heterocycles. The molecule has 1 aliphatic rings. The highest BCUT2D eigenvalue weighted by Gasteiger charge is 2.41. The molecule has 12 nitrogen and oxygen atoms in total. The molecule has 238 valence electrons. The summed E-state index contributed by atoms with van der Waals surface area (Å²) in [5.74, 6) is 0.894. The van der Waals surface area contributed by atoms with Crippen LogP contribution in [0.3, 0.4) is 0 Å². The molecule has 44 heavy (non-hydrogen) atoms. The molecule has 1 aromatic carbocycles. The highest BCUT2D eigenvalue weighted by Crippen LogP contribution is 2.41. The maximum atomic E-state index is 12.8. The lowest BCUT2D eigenvalue weighted by Gasteiger charge is -2.41. The molecule has 4 rings (SSSR count). The minimum absolute atomic E-state index is 0.155. The van der Waals surface area contributed by atoms with Gasteiger partial charge >= 0.3 is 6.09 Å². The lowest BCUT2D eigenvalue weighted by atomic mass is 9.85. The molecular weight excluding hydrogens is 582 g/mol. The van der Waals surface area contributed by atoms with Crippen LogP contribution < -0.4 is 14.8 Å². The topological polar surface area (TPSA) is 151 Å². The molecule has 1 fully saturated rings. The van der Waals surface area contributed by atoms with Crippen molar-refractivity contribution in [3.8, 4) is 11.9 Å². The minimum atomic E-state index is -3.64. The summed E-state index contributed by atoms with van der Waals surface area (Å²) in [6.07, 6.45) is 4.30. The molecule has 0 atom stereocenters. The van der Waals surface area contributed by atoms with Gasteiger partial charge in [-0.05, 0) is 84.2 Å². The average Bonchev–Trinajstić information content (AvgIpc) is 3.32. The number of hydrogen-bond acceptors (Lipinski definition) is 9. The number of anilines is 2. The van der Waals surface area contributed by atoms with E-state index in [-0.39, 0.29) is 23.5 Å². The van der Waals surface area contributed by atoms with E-state index in [1.54, 1.807) is 37.1 Å². The van der Waals surface area contributed by atoms with Gasteiger partial charge in [-0.1, -0.05) is 13.3 Å². The van der Waals surface area contributed by atoms with Crippen molar-refractivity contribution in [2.75, 3.05) is 25.0 Å². The van der Waals surface area contributed by atoms with E-state index < -0.39 is 21.2 Å². The normalized spacial score (nSPS) is 15.3. The third kappa shape index (κ3) is 7.60. The van der Waals surface area contributed by atoms with E-state index in [0.717, 1.165) is 18.4 Å². The number of ether oxygens (including phenoxy) is 2.